The van der Waals surface area contributed by atoms with Crippen LogP contribution in [0.25, 0.3) is 11.0 Å². The number of rotatable bonds is 10. The van der Waals surface area contributed by atoms with Crippen LogP contribution >= 0.6 is 0 Å². The molecule has 1 heterocycles. The topological polar surface area (TPSA) is 82.3 Å². The molecule has 0 saturated heterocycles. The average molecular weight is 536 g/mol. The summed E-state index contributed by atoms with van der Waals surface area (Å²) in [4.78, 5) is 22.2. The zero-order chi connectivity index (χ0) is 28.2. The number of halogens is 1. The summed E-state index contributed by atoms with van der Waals surface area (Å²) in [6.45, 7) is 14.7. The SMILES string of the molecule is CC[N+](CC)(CC)Cc1ccc2nc(NC(=O)c3ccc(F)cc3)n(C3CCC(C([O-])=NC(C)C)CC3)c2c1. The van der Waals surface area contributed by atoms with E-state index in [0.717, 1.165) is 67.4 Å². The van der Waals surface area contributed by atoms with Gasteiger partial charge in [-0.25, -0.2) is 9.37 Å². The van der Waals surface area contributed by atoms with Gasteiger partial charge < -0.3 is 19.1 Å². The molecule has 1 amide bonds. The van der Waals surface area contributed by atoms with Gasteiger partial charge >= 0.3 is 0 Å². The molecule has 1 N–H and O–H groups in total. The lowest BCUT2D eigenvalue weighted by Crippen LogP contribution is -2.46. The number of imidazole rings is 1. The number of hydrogen-bond acceptors (Lipinski definition) is 4. The van der Waals surface area contributed by atoms with Crippen molar-refractivity contribution in [1.82, 2.24) is 9.55 Å². The Bertz CT molecular complexity index is 1290. The highest BCUT2D eigenvalue weighted by atomic mass is 19.1. The molecular weight excluding hydrogens is 493 g/mol. The Balaban J connectivity index is 1.69. The first-order chi connectivity index (χ1) is 18.7. The summed E-state index contributed by atoms with van der Waals surface area (Å²) in [6, 6.07) is 12.0. The second-order valence-corrected chi connectivity index (χ2v) is 11.1. The van der Waals surface area contributed by atoms with Crippen LogP contribution in [-0.2, 0) is 6.54 Å². The van der Waals surface area contributed by atoms with Crippen LogP contribution in [0.3, 0.4) is 0 Å². The molecule has 39 heavy (non-hydrogen) atoms. The van der Waals surface area contributed by atoms with E-state index in [9.17, 15) is 14.3 Å². The standard InChI is InChI=1S/C31H42FN5O2/c1-6-37(7-2,8-3)20-22-9-18-27-28(19-22)36(26-16-12-24(13-17-26)29(38)33-21(4)5)31(34-27)35-30(39)23-10-14-25(32)15-11-23/h9-11,14-15,18-19,21,24,26H,6-8,12-13,16-17,20H2,1-5H3,(H-,33,34,35,38,39). The predicted molar refractivity (Wildman–Crippen MR) is 153 cm³/mol. The number of aromatic nitrogens is 2. The maximum Gasteiger partial charge on any atom is 0.257 e. The number of quaternary nitrogens is 1. The van der Waals surface area contributed by atoms with Crippen molar-refractivity contribution in [3.8, 4) is 0 Å². The maximum absolute atomic E-state index is 13.4. The molecule has 0 radical (unpaired) electrons. The monoisotopic (exact) mass is 535 g/mol. The van der Waals surface area contributed by atoms with E-state index in [1.54, 1.807) is 0 Å². The van der Waals surface area contributed by atoms with Gasteiger partial charge in [0.05, 0.1) is 30.7 Å². The van der Waals surface area contributed by atoms with Gasteiger partial charge in [0.1, 0.15) is 12.4 Å². The van der Waals surface area contributed by atoms with Crippen molar-refractivity contribution in [1.29, 1.82) is 0 Å². The van der Waals surface area contributed by atoms with Gasteiger partial charge in [0, 0.05) is 23.2 Å². The van der Waals surface area contributed by atoms with Crippen molar-refractivity contribution in [2.24, 2.45) is 10.9 Å². The van der Waals surface area contributed by atoms with Crippen LogP contribution < -0.4 is 10.4 Å². The van der Waals surface area contributed by atoms with Crippen molar-refractivity contribution in [2.75, 3.05) is 25.0 Å². The number of carbonyl (C=O) groups is 1. The summed E-state index contributed by atoms with van der Waals surface area (Å²) in [6.07, 6.45) is 3.12. The summed E-state index contributed by atoms with van der Waals surface area (Å²) in [5.41, 5.74) is 3.43. The lowest BCUT2D eigenvalue weighted by molar-refractivity contribution is -0.936. The van der Waals surface area contributed by atoms with Crippen LogP contribution in [-0.4, -0.2) is 51.5 Å². The number of hydrogen-bond donors (Lipinski definition) is 1. The van der Waals surface area contributed by atoms with Crippen LogP contribution in [0.5, 0.6) is 0 Å². The van der Waals surface area contributed by atoms with Gasteiger partial charge in [0.25, 0.3) is 5.91 Å². The zero-order valence-corrected chi connectivity index (χ0v) is 23.9. The number of nitrogens with zero attached hydrogens (tertiary/aromatic N) is 4. The smallest absolute Gasteiger partial charge is 0.257 e. The minimum atomic E-state index is -0.387. The number of carbonyl (C=O) groups excluding carboxylic acids is 1. The first kappa shape index (κ1) is 28.7. The molecule has 1 aliphatic carbocycles. The number of aliphatic imine (C=N–C) groups is 1. The first-order valence-electron chi connectivity index (χ1n) is 14.4. The van der Waals surface area contributed by atoms with E-state index in [1.807, 2.05) is 19.9 Å². The third-order valence-corrected chi connectivity index (χ3v) is 8.41. The molecule has 1 fully saturated rings. The van der Waals surface area contributed by atoms with Gasteiger partial charge in [-0.1, -0.05) is 6.07 Å². The molecule has 210 valence electrons. The van der Waals surface area contributed by atoms with Crippen LogP contribution in [0.4, 0.5) is 10.3 Å². The number of amides is 1. The fourth-order valence-electron chi connectivity index (χ4n) is 5.80. The zero-order valence-electron chi connectivity index (χ0n) is 23.9. The Morgan fingerprint density at radius 1 is 1.08 bits per heavy atom. The van der Waals surface area contributed by atoms with Crippen LogP contribution in [0, 0.1) is 11.7 Å². The van der Waals surface area contributed by atoms with E-state index in [1.165, 1.54) is 29.8 Å². The molecule has 3 aromatic rings. The van der Waals surface area contributed by atoms with E-state index >= 15 is 0 Å². The van der Waals surface area contributed by atoms with Gasteiger partial charge in [-0.3, -0.25) is 10.1 Å². The van der Waals surface area contributed by atoms with E-state index in [4.69, 9.17) is 4.98 Å². The molecular formula is C31H42FN5O2. The molecule has 0 bridgehead atoms. The molecule has 1 aromatic heterocycles. The predicted octanol–water partition coefficient (Wildman–Crippen LogP) is 5.70. The molecule has 1 aliphatic rings. The lowest BCUT2D eigenvalue weighted by Gasteiger charge is -2.36. The fourth-order valence-corrected chi connectivity index (χ4v) is 5.80. The van der Waals surface area contributed by atoms with Gasteiger partial charge in [0.15, 0.2) is 0 Å². The van der Waals surface area contributed by atoms with E-state index in [-0.39, 0.29) is 35.6 Å². The first-order valence-corrected chi connectivity index (χ1v) is 14.4. The largest absolute Gasteiger partial charge is 0.862 e. The highest BCUT2D eigenvalue weighted by Crippen LogP contribution is 2.37. The van der Waals surface area contributed by atoms with E-state index in [0.29, 0.717) is 11.5 Å². The van der Waals surface area contributed by atoms with Crippen molar-refractivity contribution in [2.45, 2.75) is 78.9 Å². The third-order valence-electron chi connectivity index (χ3n) is 8.41. The average Bonchev–Trinajstić information content (AvgIpc) is 3.28. The summed E-state index contributed by atoms with van der Waals surface area (Å²) in [7, 11) is 0. The minimum absolute atomic E-state index is 0.000558. The Hall–Kier alpha value is -3.26. The molecule has 1 saturated carbocycles. The fraction of sp³-hybridized carbons (Fsp3) is 0.516. The molecule has 0 unspecified atom stereocenters. The second kappa shape index (κ2) is 12.3. The van der Waals surface area contributed by atoms with Crippen molar-refractivity contribution < 1.29 is 18.8 Å². The lowest BCUT2D eigenvalue weighted by atomic mass is 9.85. The summed E-state index contributed by atoms with van der Waals surface area (Å²) < 4.78 is 16.6. The van der Waals surface area contributed by atoms with E-state index < -0.39 is 0 Å². The highest BCUT2D eigenvalue weighted by molar-refractivity contribution is 6.04. The molecule has 8 heteroatoms. The Labute approximate surface area is 231 Å². The minimum Gasteiger partial charge on any atom is -0.862 e. The molecule has 4 rings (SSSR count). The van der Waals surface area contributed by atoms with Gasteiger partial charge in [-0.15, -0.1) is 0 Å². The molecule has 0 spiro atoms. The van der Waals surface area contributed by atoms with Crippen LogP contribution in [0.2, 0.25) is 0 Å². The summed E-state index contributed by atoms with van der Waals surface area (Å²) in [5, 5.41) is 15.6. The van der Waals surface area contributed by atoms with Crippen molar-refractivity contribution >= 4 is 28.8 Å². The summed E-state index contributed by atoms with van der Waals surface area (Å²) >= 11 is 0. The second-order valence-electron chi connectivity index (χ2n) is 11.1. The summed E-state index contributed by atoms with van der Waals surface area (Å²) in [5.74, 6) is -0.283. The van der Waals surface area contributed by atoms with Crippen LogP contribution in [0.1, 0.15) is 82.3 Å². The quantitative estimate of drug-likeness (QED) is 0.205. The Morgan fingerprint density at radius 2 is 1.72 bits per heavy atom. The number of anilines is 1. The van der Waals surface area contributed by atoms with Gasteiger partial charge in [-0.05, 0) is 109 Å². The Morgan fingerprint density at radius 3 is 2.31 bits per heavy atom. The van der Waals surface area contributed by atoms with E-state index in [2.05, 4.69) is 47.8 Å². The maximum atomic E-state index is 13.4. The number of benzene rings is 2. The third kappa shape index (κ3) is 6.49. The highest BCUT2D eigenvalue weighted by Gasteiger charge is 2.28. The van der Waals surface area contributed by atoms with Gasteiger partial charge in [-0.2, -0.15) is 0 Å². The van der Waals surface area contributed by atoms with Crippen molar-refractivity contribution in [3.05, 3.63) is 59.4 Å². The molecule has 7 nitrogen and oxygen atoms in total. The number of nitrogens with one attached hydrogen (secondary N) is 1. The Kier molecular flexibility index (Phi) is 9.05. The normalized spacial score (nSPS) is 18.6. The molecule has 2 aromatic carbocycles. The molecule has 0 atom stereocenters. The molecule has 0 aliphatic heterocycles. The number of fused-ring (bicyclic) bond motifs is 1. The van der Waals surface area contributed by atoms with Gasteiger partial charge in [0.2, 0.25) is 5.95 Å². The van der Waals surface area contributed by atoms with Crippen molar-refractivity contribution in [3.63, 3.8) is 0 Å². The van der Waals surface area contributed by atoms with Crippen LogP contribution in [0.15, 0.2) is 47.5 Å².